The summed E-state index contributed by atoms with van der Waals surface area (Å²) in [7, 11) is 0. The molecule has 3 nitrogen and oxygen atoms in total. The molecule has 0 saturated carbocycles. The number of halogens is 1. The minimum absolute atomic E-state index is 0.460. The lowest BCUT2D eigenvalue weighted by atomic mass is 10.2. The van der Waals surface area contributed by atoms with Crippen LogP contribution in [0.15, 0.2) is 46.9 Å². The Hall–Kier alpha value is -1.68. The van der Waals surface area contributed by atoms with Gasteiger partial charge in [-0.25, -0.2) is 0 Å². The fourth-order valence-electron chi connectivity index (χ4n) is 1.70. The fraction of sp³-hybridized carbons (Fsp3) is 0.200. The zero-order valence-electron chi connectivity index (χ0n) is 10.7. The molecular formula is C15H16BrNO2. The van der Waals surface area contributed by atoms with Gasteiger partial charge in [0.1, 0.15) is 23.8 Å². The molecule has 2 rings (SSSR count). The third-order valence-corrected chi connectivity index (χ3v) is 3.44. The predicted octanol–water partition coefficient (Wildman–Crippen LogP) is 4.01. The van der Waals surface area contributed by atoms with Crippen LogP contribution in [-0.2, 0) is 6.61 Å². The summed E-state index contributed by atoms with van der Waals surface area (Å²) in [5, 5.41) is 0. The minimum Gasteiger partial charge on any atom is -0.492 e. The molecule has 0 aromatic heterocycles. The van der Waals surface area contributed by atoms with Gasteiger partial charge in [0.2, 0.25) is 0 Å². The summed E-state index contributed by atoms with van der Waals surface area (Å²) < 4.78 is 12.2. The maximum absolute atomic E-state index is 6.01. The van der Waals surface area contributed by atoms with E-state index in [0.29, 0.717) is 30.4 Å². The van der Waals surface area contributed by atoms with Gasteiger partial charge in [0, 0.05) is 10.0 Å². The van der Waals surface area contributed by atoms with E-state index >= 15 is 0 Å². The van der Waals surface area contributed by atoms with Gasteiger partial charge in [-0.3, -0.25) is 0 Å². The van der Waals surface area contributed by atoms with Crippen LogP contribution in [0.5, 0.6) is 11.5 Å². The molecule has 0 fully saturated rings. The number of nitrogen functional groups attached to an aromatic ring is 1. The van der Waals surface area contributed by atoms with Crippen molar-refractivity contribution in [2.45, 2.75) is 13.5 Å². The number of nitrogens with two attached hydrogens (primary N) is 1. The summed E-state index contributed by atoms with van der Waals surface area (Å²) in [5.74, 6) is 1.30. The van der Waals surface area contributed by atoms with Gasteiger partial charge >= 0.3 is 0 Å². The van der Waals surface area contributed by atoms with Crippen LogP contribution in [-0.4, -0.2) is 6.61 Å². The lowest BCUT2D eigenvalue weighted by Gasteiger charge is -2.13. The van der Waals surface area contributed by atoms with E-state index < -0.39 is 0 Å². The SMILES string of the molecule is CCOc1cccc(OCc2ccccc2Br)c1N. The molecule has 2 aromatic carbocycles. The second kappa shape index (κ2) is 6.48. The molecule has 0 aliphatic carbocycles. The Morgan fingerprint density at radius 3 is 2.37 bits per heavy atom. The maximum atomic E-state index is 6.01. The molecule has 0 aliphatic heterocycles. The molecule has 100 valence electrons. The molecule has 0 heterocycles. The summed E-state index contributed by atoms with van der Waals surface area (Å²) in [6.07, 6.45) is 0. The quantitative estimate of drug-likeness (QED) is 0.846. The Balaban J connectivity index is 2.12. The summed E-state index contributed by atoms with van der Waals surface area (Å²) in [6, 6.07) is 13.5. The number of ether oxygens (including phenoxy) is 2. The number of benzene rings is 2. The van der Waals surface area contributed by atoms with Gasteiger partial charge in [-0.05, 0) is 25.1 Å². The van der Waals surface area contributed by atoms with Crippen LogP contribution >= 0.6 is 15.9 Å². The van der Waals surface area contributed by atoms with E-state index in [0.717, 1.165) is 10.0 Å². The standard InChI is InChI=1S/C15H16BrNO2/c1-2-18-13-8-5-9-14(15(13)17)19-10-11-6-3-4-7-12(11)16/h3-9H,2,10,17H2,1H3. The lowest BCUT2D eigenvalue weighted by Crippen LogP contribution is -2.02. The van der Waals surface area contributed by atoms with E-state index in [9.17, 15) is 0 Å². The van der Waals surface area contributed by atoms with Gasteiger partial charge in [-0.15, -0.1) is 0 Å². The Labute approximate surface area is 121 Å². The van der Waals surface area contributed by atoms with Crippen LogP contribution in [0, 0.1) is 0 Å². The van der Waals surface area contributed by atoms with Gasteiger partial charge in [-0.2, -0.15) is 0 Å². The first kappa shape index (κ1) is 13.7. The molecule has 0 atom stereocenters. The van der Waals surface area contributed by atoms with Crippen LogP contribution in [0.25, 0.3) is 0 Å². The molecule has 2 aromatic rings. The van der Waals surface area contributed by atoms with Gasteiger partial charge < -0.3 is 15.2 Å². The molecule has 0 radical (unpaired) electrons. The third-order valence-electron chi connectivity index (χ3n) is 2.67. The summed E-state index contributed by atoms with van der Waals surface area (Å²) in [4.78, 5) is 0. The molecular weight excluding hydrogens is 306 g/mol. The summed E-state index contributed by atoms with van der Waals surface area (Å²) in [6.45, 7) is 2.97. The Bertz CT molecular complexity index is 558. The number of anilines is 1. The first-order valence-electron chi connectivity index (χ1n) is 6.10. The van der Waals surface area contributed by atoms with Crippen LogP contribution in [0.4, 0.5) is 5.69 Å². The van der Waals surface area contributed by atoms with E-state index in [1.54, 1.807) is 0 Å². The highest BCUT2D eigenvalue weighted by Gasteiger charge is 2.07. The Morgan fingerprint density at radius 1 is 1.00 bits per heavy atom. The first-order valence-corrected chi connectivity index (χ1v) is 6.89. The molecule has 0 bridgehead atoms. The summed E-state index contributed by atoms with van der Waals surface area (Å²) >= 11 is 3.49. The van der Waals surface area contributed by atoms with Crippen molar-refractivity contribution in [3.8, 4) is 11.5 Å². The van der Waals surface area contributed by atoms with Crippen LogP contribution < -0.4 is 15.2 Å². The zero-order valence-corrected chi connectivity index (χ0v) is 12.3. The van der Waals surface area contributed by atoms with E-state index in [1.807, 2.05) is 49.4 Å². The van der Waals surface area contributed by atoms with E-state index in [-0.39, 0.29) is 0 Å². The molecule has 19 heavy (non-hydrogen) atoms. The highest BCUT2D eigenvalue weighted by molar-refractivity contribution is 9.10. The average molecular weight is 322 g/mol. The highest BCUT2D eigenvalue weighted by atomic mass is 79.9. The first-order chi connectivity index (χ1) is 9.22. The van der Waals surface area contributed by atoms with Gasteiger partial charge in [-0.1, -0.05) is 40.2 Å². The molecule has 0 amide bonds. The molecule has 0 aliphatic rings. The third kappa shape index (κ3) is 3.41. The van der Waals surface area contributed by atoms with Crippen molar-refractivity contribution in [3.63, 3.8) is 0 Å². The number of hydrogen-bond donors (Lipinski definition) is 1. The monoisotopic (exact) mass is 321 g/mol. The highest BCUT2D eigenvalue weighted by Crippen LogP contribution is 2.32. The predicted molar refractivity (Wildman–Crippen MR) is 80.5 cm³/mol. The lowest BCUT2D eigenvalue weighted by molar-refractivity contribution is 0.302. The van der Waals surface area contributed by atoms with Crippen LogP contribution in [0.1, 0.15) is 12.5 Å². The summed E-state index contributed by atoms with van der Waals surface area (Å²) in [5.41, 5.74) is 7.62. The molecule has 4 heteroatoms. The number of rotatable bonds is 5. The van der Waals surface area contributed by atoms with Crippen molar-refractivity contribution < 1.29 is 9.47 Å². The van der Waals surface area contributed by atoms with Crippen molar-refractivity contribution >= 4 is 21.6 Å². The largest absolute Gasteiger partial charge is 0.492 e. The average Bonchev–Trinajstić information content (AvgIpc) is 2.42. The normalized spacial score (nSPS) is 10.2. The number of para-hydroxylation sites is 1. The van der Waals surface area contributed by atoms with Gasteiger partial charge in [0.05, 0.1) is 6.61 Å². The zero-order chi connectivity index (χ0) is 13.7. The van der Waals surface area contributed by atoms with E-state index in [1.165, 1.54) is 0 Å². The van der Waals surface area contributed by atoms with Crippen molar-refractivity contribution in [1.82, 2.24) is 0 Å². The van der Waals surface area contributed by atoms with Gasteiger partial charge in [0.25, 0.3) is 0 Å². The minimum atomic E-state index is 0.460. The van der Waals surface area contributed by atoms with Gasteiger partial charge in [0.15, 0.2) is 0 Å². The maximum Gasteiger partial charge on any atom is 0.146 e. The topological polar surface area (TPSA) is 44.5 Å². The number of hydrogen-bond acceptors (Lipinski definition) is 3. The van der Waals surface area contributed by atoms with Crippen LogP contribution in [0.2, 0.25) is 0 Å². The smallest absolute Gasteiger partial charge is 0.146 e. The van der Waals surface area contributed by atoms with Crippen LogP contribution in [0.3, 0.4) is 0 Å². The second-order valence-electron chi connectivity index (χ2n) is 3.98. The van der Waals surface area contributed by atoms with E-state index in [2.05, 4.69) is 15.9 Å². The van der Waals surface area contributed by atoms with Crippen molar-refractivity contribution in [2.75, 3.05) is 12.3 Å². The van der Waals surface area contributed by atoms with E-state index in [4.69, 9.17) is 15.2 Å². The molecule has 0 saturated heterocycles. The van der Waals surface area contributed by atoms with Crippen molar-refractivity contribution in [2.24, 2.45) is 0 Å². The molecule has 0 spiro atoms. The molecule has 0 unspecified atom stereocenters. The Morgan fingerprint density at radius 2 is 1.68 bits per heavy atom. The Kier molecular flexibility index (Phi) is 4.68. The molecule has 2 N–H and O–H groups in total. The fourth-order valence-corrected chi connectivity index (χ4v) is 2.10. The van der Waals surface area contributed by atoms with Crippen molar-refractivity contribution in [1.29, 1.82) is 0 Å². The van der Waals surface area contributed by atoms with Crippen molar-refractivity contribution in [3.05, 3.63) is 52.5 Å². The second-order valence-corrected chi connectivity index (χ2v) is 4.84.